The van der Waals surface area contributed by atoms with Crippen molar-refractivity contribution in [3.63, 3.8) is 0 Å². The predicted molar refractivity (Wildman–Crippen MR) is 75.5 cm³/mol. The molecule has 0 bridgehead atoms. The molecule has 5 nitrogen and oxygen atoms in total. The van der Waals surface area contributed by atoms with E-state index in [1.807, 2.05) is 13.8 Å². The van der Waals surface area contributed by atoms with Crippen molar-refractivity contribution in [3.8, 4) is 22.9 Å². The summed E-state index contributed by atoms with van der Waals surface area (Å²) >= 11 is 6.14. The summed E-state index contributed by atoms with van der Waals surface area (Å²) in [5.41, 5.74) is 1.99. The summed E-state index contributed by atoms with van der Waals surface area (Å²) in [6.07, 6.45) is 0.649. The van der Waals surface area contributed by atoms with Crippen LogP contribution in [0.1, 0.15) is 18.2 Å². The lowest BCUT2D eigenvalue weighted by molar-refractivity contribution is 0.174. The monoisotopic (exact) mass is 292 g/mol. The maximum absolute atomic E-state index is 12.0. The molecular formula is C14H13ClN2O3. The van der Waals surface area contributed by atoms with Gasteiger partial charge in [-0.05, 0) is 25.5 Å². The molecule has 0 unspecified atom stereocenters. The van der Waals surface area contributed by atoms with Gasteiger partial charge in [0.05, 0.1) is 5.02 Å². The van der Waals surface area contributed by atoms with E-state index in [1.54, 1.807) is 12.1 Å². The van der Waals surface area contributed by atoms with Crippen molar-refractivity contribution < 1.29 is 9.47 Å². The van der Waals surface area contributed by atoms with Crippen LogP contribution in [0.4, 0.5) is 0 Å². The lowest BCUT2D eigenvalue weighted by Gasteiger charge is -2.07. The number of benzene rings is 1. The number of nitrogens with one attached hydrogen (secondary N) is 1. The Morgan fingerprint density at radius 3 is 2.90 bits per heavy atom. The van der Waals surface area contributed by atoms with Crippen LogP contribution in [-0.4, -0.2) is 16.8 Å². The van der Waals surface area contributed by atoms with Gasteiger partial charge < -0.3 is 14.5 Å². The molecule has 1 aromatic carbocycles. The van der Waals surface area contributed by atoms with Gasteiger partial charge in [-0.15, -0.1) is 0 Å². The van der Waals surface area contributed by atoms with Crippen molar-refractivity contribution in [2.75, 3.05) is 6.79 Å². The number of hydrogen-bond acceptors (Lipinski definition) is 4. The summed E-state index contributed by atoms with van der Waals surface area (Å²) in [5.74, 6) is 1.57. The Kier molecular flexibility index (Phi) is 3.14. The number of halogens is 1. The van der Waals surface area contributed by atoms with Crippen molar-refractivity contribution in [1.82, 2.24) is 9.97 Å². The van der Waals surface area contributed by atoms with Gasteiger partial charge in [-0.2, -0.15) is 0 Å². The van der Waals surface area contributed by atoms with Crippen molar-refractivity contribution in [2.45, 2.75) is 20.3 Å². The molecule has 0 fully saturated rings. The highest BCUT2D eigenvalue weighted by Crippen LogP contribution is 2.41. The number of aromatic nitrogens is 2. The second kappa shape index (κ2) is 4.83. The zero-order chi connectivity index (χ0) is 14.3. The Labute approximate surface area is 120 Å². The number of hydrogen-bond donors (Lipinski definition) is 1. The van der Waals surface area contributed by atoms with Gasteiger partial charge >= 0.3 is 0 Å². The number of rotatable bonds is 2. The lowest BCUT2D eigenvalue weighted by Crippen LogP contribution is -2.16. The van der Waals surface area contributed by atoms with Crippen molar-refractivity contribution in [3.05, 3.63) is 38.8 Å². The molecule has 104 valence electrons. The van der Waals surface area contributed by atoms with E-state index in [0.717, 1.165) is 5.69 Å². The second-order valence-electron chi connectivity index (χ2n) is 4.52. The SMILES string of the molecule is CCc1c(C)nc(-c2cc(Cl)c3c(c2)OCO3)[nH]c1=O. The van der Waals surface area contributed by atoms with Gasteiger partial charge in [0, 0.05) is 16.8 Å². The van der Waals surface area contributed by atoms with E-state index >= 15 is 0 Å². The average Bonchev–Trinajstić information content (AvgIpc) is 2.87. The Morgan fingerprint density at radius 2 is 2.20 bits per heavy atom. The molecule has 6 heteroatoms. The summed E-state index contributed by atoms with van der Waals surface area (Å²) in [6, 6.07) is 3.47. The first-order valence-corrected chi connectivity index (χ1v) is 6.67. The van der Waals surface area contributed by atoms with Crippen LogP contribution in [0, 0.1) is 6.92 Å². The number of fused-ring (bicyclic) bond motifs is 1. The molecular weight excluding hydrogens is 280 g/mol. The van der Waals surface area contributed by atoms with E-state index in [9.17, 15) is 4.79 Å². The third-order valence-electron chi connectivity index (χ3n) is 3.28. The normalized spacial score (nSPS) is 12.8. The number of nitrogens with zero attached hydrogens (tertiary/aromatic N) is 1. The summed E-state index contributed by atoms with van der Waals surface area (Å²) < 4.78 is 10.6. The minimum Gasteiger partial charge on any atom is -0.454 e. The third-order valence-corrected chi connectivity index (χ3v) is 3.56. The summed E-state index contributed by atoms with van der Waals surface area (Å²) in [5, 5.41) is 0.440. The first kappa shape index (κ1) is 13.0. The van der Waals surface area contributed by atoms with Gasteiger partial charge in [0.2, 0.25) is 6.79 Å². The van der Waals surface area contributed by atoms with E-state index in [-0.39, 0.29) is 12.4 Å². The van der Waals surface area contributed by atoms with E-state index in [2.05, 4.69) is 9.97 Å². The van der Waals surface area contributed by atoms with E-state index in [4.69, 9.17) is 21.1 Å². The number of aryl methyl sites for hydroxylation is 1. The molecule has 0 saturated heterocycles. The Bertz CT molecular complexity index is 740. The van der Waals surface area contributed by atoms with Gasteiger partial charge in [-0.1, -0.05) is 18.5 Å². The van der Waals surface area contributed by atoms with Crippen molar-refractivity contribution >= 4 is 11.6 Å². The van der Waals surface area contributed by atoms with E-state index < -0.39 is 0 Å². The molecule has 2 aromatic rings. The highest BCUT2D eigenvalue weighted by Gasteiger charge is 2.20. The number of ether oxygens (including phenoxy) is 2. The largest absolute Gasteiger partial charge is 0.454 e. The zero-order valence-corrected chi connectivity index (χ0v) is 11.9. The number of H-pyrrole nitrogens is 1. The molecule has 0 aliphatic carbocycles. The molecule has 2 heterocycles. The summed E-state index contributed by atoms with van der Waals surface area (Å²) in [4.78, 5) is 19.2. The highest BCUT2D eigenvalue weighted by molar-refractivity contribution is 6.32. The van der Waals surface area contributed by atoms with Crippen LogP contribution in [0.2, 0.25) is 5.02 Å². The Balaban J connectivity index is 2.15. The standard InChI is InChI=1S/C14H13ClN2O3/c1-3-9-7(2)16-13(17-14(9)18)8-4-10(15)12-11(5-8)19-6-20-12/h4-5H,3,6H2,1-2H3,(H,16,17,18). The Morgan fingerprint density at radius 1 is 1.40 bits per heavy atom. The van der Waals surface area contributed by atoms with Gasteiger partial charge in [0.1, 0.15) is 5.82 Å². The maximum Gasteiger partial charge on any atom is 0.254 e. The molecule has 1 N–H and O–H groups in total. The van der Waals surface area contributed by atoms with Crippen LogP contribution in [0.5, 0.6) is 11.5 Å². The molecule has 0 spiro atoms. The van der Waals surface area contributed by atoms with Crippen LogP contribution in [0.3, 0.4) is 0 Å². The molecule has 1 aliphatic rings. The van der Waals surface area contributed by atoms with Crippen LogP contribution in [0.15, 0.2) is 16.9 Å². The average molecular weight is 293 g/mol. The summed E-state index contributed by atoms with van der Waals surface area (Å²) in [7, 11) is 0. The predicted octanol–water partition coefficient (Wildman–Crippen LogP) is 2.69. The van der Waals surface area contributed by atoms with Crippen molar-refractivity contribution in [1.29, 1.82) is 0 Å². The number of aromatic amines is 1. The fourth-order valence-corrected chi connectivity index (χ4v) is 2.53. The molecule has 20 heavy (non-hydrogen) atoms. The minimum absolute atomic E-state index is 0.121. The van der Waals surface area contributed by atoms with Gasteiger partial charge in [-0.25, -0.2) is 4.98 Å². The Hall–Kier alpha value is -2.01. The third kappa shape index (κ3) is 2.04. The smallest absolute Gasteiger partial charge is 0.254 e. The highest BCUT2D eigenvalue weighted by atomic mass is 35.5. The fourth-order valence-electron chi connectivity index (χ4n) is 2.27. The molecule has 0 saturated carbocycles. The maximum atomic E-state index is 12.0. The van der Waals surface area contributed by atoms with Crippen LogP contribution in [-0.2, 0) is 6.42 Å². The van der Waals surface area contributed by atoms with Gasteiger partial charge in [0.25, 0.3) is 5.56 Å². The lowest BCUT2D eigenvalue weighted by atomic mass is 10.1. The van der Waals surface area contributed by atoms with Gasteiger partial charge in [0.15, 0.2) is 11.5 Å². The topological polar surface area (TPSA) is 64.2 Å². The molecule has 3 rings (SSSR count). The first-order chi connectivity index (χ1) is 9.60. The van der Waals surface area contributed by atoms with Crippen LogP contribution < -0.4 is 15.0 Å². The quantitative estimate of drug-likeness (QED) is 0.924. The minimum atomic E-state index is -0.121. The molecule has 0 radical (unpaired) electrons. The molecule has 1 aliphatic heterocycles. The molecule has 0 atom stereocenters. The van der Waals surface area contributed by atoms with E-state index in [0.29, 0.717) is 39.9 Å². The fraction of sp³-hybridized carbons (Fsp3) is 0.286. The zero-order valence-electron chi connectivity index (χ0n) is 11.1. The molecule has 0 amide bonds. The first-order valence-electron chi connectivity index (χ1n) is 6.29. The molecule has 1 aromatic heterocycles. The van der Waals surface area contributed by atoms with E-state index in [1.165, 1.54) is 0 Å². The van der Waals surface area contributed by atoms with Gasteiger partial charge in [-0.3, -0.25) is 4.79 Å². The second-order valence-corrected chi connectivity index (χ2v) is 4.93. The van der Waals surface area contributed by atoms with Crippen molar-refractivity contribution in [2.24, 2.45) is 0 Å². The van der Waals surface area contributed by atoms with Crippen LogP contribution in [0.25, 0.3) is 11.4 Å². The summed E-state index contributed by atoms with van der Waals surface area (Å²) in [6.45, 7) is 3.90. The van der Waals surface area contributed by atoms with Crippen LogP contribution >= 0.6 is 11.6 Å².